The summed E-state index contributed by atoms with van der Waals surface area (Å²) in [5.74, 6) is -1.74. The first-order valence-corrected chi connectivity index (χ1v) is 7.78. The van der Waals surface area contributed by atoms with E-state index in [-0.39, 0.29) is 16.1 Å². The van der Waals surface area contributed by atoms with Crippen molar-refractivity contribution in [1.29, 1.82) is 0 Å². The van der Waals surface area contributed by atoms with Crippen LogP contribution in [0.4, 0.5) is 4.39 Å². The number of aromatic carboxylic acids is 1. The Kier molecular flexibility index (Phi) is 3.69. The van der Waals surface area contributed by atoms with Crippen molar-refractivity contribution < 1.29 is 14.3 Å². The summed E-state index contributed by atoms with van der Waals surface area (Å²) in [6.45, 7) is 0. The Bertz CT molecular complexity index is 881. The summed E-state index contributed by atoms with van der Waals surface area (Å²) in [5, 5.41) is 11.4. The number of pyridine rings is 1. The molecule has 0 bridgehead atoms. The van der Waals surface area contributed by atoms with Crippen molar-refractivity contribution in [3.8, 4) is 10.6 Å². The smallest absolute Gasteiger partial charge is 0.336 e. The van der Waals surface area contributed by atoms with Crippen LogP contribution in [0, 0.1) is 5.82 Å². The maximum atomic E-state index is 13.6. The molecule has 3 aromatic rings. The van der Waals surface area contributed by atoms with Gasteiger partial charge in [0.25, 0.3) is 0 Å². The molecule has 0 aliphatic rings. The van der Waals surface area contributed by atoms with Gasteiger partial charge in [-0.25, -0.2) is 14.2 Å². The number of thiophene rings is 1. The van der Waals surface area contributed by atoms with E-state index in [1.165, 1.54) is 23.5 Å². The molecule has 3 nitrogen and oxygen atoms in total. The molecular formula is C14H6BrClFNO2S. The maximum Gasteiger partial charge on any atom is 0.336 e. The van der Waals surface area contributed by atoms with Crippen molar-refractivity contribution in [3.63, 3.8) is 0 Å². The molecule has 106 valence electrons. The summed E-state index contributed by atoms with van der Waals surface area (Å²) < 4.78 is 14.5. The number of nitrogens with zero attached hydrogens (tertiary/aromatic N) is 1. The lowest BCUT2D eigenvalue weighted by atomic mass is 10.1. The maximum absolute atomic E-state index is 13.6. The van der Waals surface area contributed by atoms with Gasteiger partial charge < -0.3 is 5.11 Å². The van der Waals surface area contributed by atoms with Crippen LogP contribution in [-0.4, -0.2) is 16.1 Å². The average molecular weight is 387 g/mol. The van der Waals surface area contributed by atoms with Crippen LogP contribution < -0.4 is 0 Å². The number of rotatable bonds is 2. The number of halogens is 3. The van der Waals surface area contributed by atoms with Crippen molar-refractivity contribution in [3.05, 3.63) is 50.5 Å². The molecule has 21 heavy (non-hydrogen) atoms. The number of hydrogen-bond donors (Lipinski definition) is 1. The number of carboxylic acids is 1. The van der Waals surface area contributed by atoms with Crippen LogP contribution in [0.3, 0.4) is 0 Å². The Morgan fingerprint density at radius 3 is 2.71 bits per heavy atom. The van der Waals surface area contributed by atoms with Crippen molar-refractivity contribution >= 4 is 55.7 Å². The van der Waals surface area contributed by atoms with Crippen molar-refractivity contribution in [2.75, 3.05) is 0 Å². The molecule has 7 heteroatoms. The van der Waals surface area contributed by atoms with Gasteiger partial charge in [-0.05, 0) is 34.1 Å². The van der Waals surface area contributed by atoms with E-state index in [4.69, 9.17) is 11.6 Å². The lowest BCUT2D eigenvalue weighted by Crippen LogP contribution is -2.00. The zero-order chi connectivity index (χ0) is 15.1. The van der Waals surface area contributed by atoms with Crippen molar-refractivity contribution in [1.82, 2.24) is 4.98 Å². The van der Waals surface area contributed by atoms with E-state index in [0.29, 0.717) is 11.1 Å². The fraction of sp³-hybridized carbons (Fsp3) is 0. The third-order valence-corrected chi connectivity index (χ3v) is 4.90. The second-order valence-corrected chi connectivity index (χ2v) is 6.51. The Hall–Kier alpha value is -1.50. The molecule has 0 radical (unpaired) electrons. The quantitative estimate of drug-likeness (QED) is 0.657. The normalized spacial score (nSPS) is 11.0. The van der Waals surface area contributed by atoms with Gasteiger partial charge >= 0.3 is 5.97 Å². The van der Waals surface area contributed by atoms with Crippen LogP contribution >= 0.6 is 38.9 Å². The van der Waals surface area contributed by atoms with Gasteiger partial charge in [0.2, 0.25) is 0 Å². The molecule has 0 saturated heterocycles. The topological polar surface area (TPSA) is 50.2 Å². The first kappa shape index (κ1) is 14.4. The Labute approximate surface area is 136 Å². The molecule has 0 unspecified atom stereocenters. The molecular weight excluding hydrogens is 381 g/mol. The fourth-order valence-corrected chi connectivity index (χ4v) is 3.52. The minimum Gasteiger partial charge on any atom is -0.478 e. The first-order valence-electron chi connectivity index (χ1n) is 5.73. The lowest BCUT2D eigenvalue weighted by Gasteiger charge is -2.07. The second kappa shape index (κ2) is 5.36. The summed E-state index contributed by atoms with van der Waals surface area (Å²) in [7, 11) is 0. The number of fused-ring (bicyclic) bond motifs is 1. The Morgan fingerprint density at radius 2 is 2.10 bits per heavy atom. The molecule has 0 fully saturated rings. The molecule has 1 aromatic carbocycles. The van der Waals surface area contributed by atoms with Gasteiger partial charge in [0.05, 0.1) is 26.7 Å². The van der Waals surface area contributed by atoms with Gasteiger partial charge in [-0.15, -0.1) is 11.3 Å². The molecule has 0 atom stereocenters. The number of aromatic nitrogens is 1. The zero-order valence-corrected chi connectivity index (χ0v) is 13.4. The summed E-state index contributed by atoms with van der Waals surface area (Å²) in [4.78, 5) is 16.6. The third kappa shape index (κ3) is 2.66. The van der Waals surface area contributed by atoms with Gasteiger partial charge in [-0.1, -0.05) is 11.6 Å². The number of hydrogen-bond acceptors (Lipinski definition) is 3. The Morgan fingerprint density at radius 1 is 1.33 bits per heavy atom. The average Bonchev–Trinajstić information content (AvgIpc) is 2.85. The molecule has 0 aliphatic heterocycles. The van der Waals surface area contributed by atoms with E-state index in [0.717, 1.165) is 15.4 Å². The molecule has 0 saturated carbocycles. The van der Waals surface area contributed by atoms with Crippen molar-refractivity contribution in [2.24, 2.45) is 0 Å². The third-order valence-electron chi connectivity index (χ3n) is 2.90. The largest absolute Gasteiger partial charge is 0.478 e. The Balaban J connectivity index is 2.34. The monoisotopic (exact) mass is 385 g/mol. The van der Waals surface area contributed by atoms with Gasteiger partial charge in [0.15, 0.2) is 0 Å². The minimum atomic E-state index is -1.11. The molecule has 3 rings (SSSR count). The second-order valence-electron chi connectivity index (χ2n) is 4.27. The molecule has 1 N–H and O–H groups in total. The van der Waals surface area contributed by atoms with Gasteiger partial charge in [-0.3, -0.25) is 0 Å². The predicted octanol–water partition coefficient (Wildman–Crippen LogP) is 5.22. The van der Waals surface area contributed by atoms with Crippen LogP contribution in [-0.2, 0) is 0 Å². The molecule has 2 heterocycles. The minimum absolute atomic E-state index is 0.0430. The van der Waals surface area contributed by atoms with Gasteiger partial charge in [-0.2, -0.15) is 0 Å². The summed E-state index contributed by atoms with van der Waals surface area (Å²) in [5.41, 5.74) is 0.787. The van der Waals surface area contributed by atoms with Gasteiger partial charge in [0, 0.05) is 21.3 Å². The molecule has 2 aromatic heterocycles. The first-order chi connectivity index (χ1) is 9.95. The number of carboxylic acid groups (broad SMARTS) is 1. The molecule has 0 aliphatic carbocycles. The zero-order valence-electron chi connectivity index (χ0n) is 10.2. The van der Waals surface area contributed by atoms with Crippen LogP contribution in [0.2, 0.25) is 5.02 Å². The van der Waals surface area contributed by atoms with Crippen molar-refractivity contribution in [2.45, 2.75) is 0 Å². The predicted molar refractivity (Wildman–Crippen MR) is 84.7 cm³/mol. The number of benzene rings is 1. The van der Waals surface area contributed by atoms with Gasteiger partial charge in [0.1, 0.15) is 5.82 Å². The number of carbonyl (C=O) groups is 1. The van der Waals surface area contributed by atoms with E-state index < -0.39 is 11.8 Å². The highest BCUT2D eigenvalue weighted by Crippen LogP contribution is 2.32. The van der Waals surface area contributed by atoms with Crippen LogP contribution in [0.1, 0.15) is 10.4 Å². The summed E-state index contributed by atoms with van der Waals surface area (Å²) >= 11 is 10.5. The summed E-state index contributed by atoms with van der Waals surface area (Å²) in [6, 6.07) is 5.74. The standard InChI is InChI=1S/C14H6BrClFNO2S/c15-6-1-13(21-5-6)12-3-8(14(19)20)7-2-9(16)10(17)4-11(7)18-12/h1-5H,(H,19,20). The van der Waals surface area contributed by atoms with E-state index in [9.17, 15) is 14.3 Å². The molecule has 0 spiro atoms. The summed E-state index contributed by atoms with van der Waals surface area (Å²) in [6.07, 6.45) is 0. The van der Waals surface area contributed by atoms with E-state index in [2.05, 4.69) is 20.9 Å². The highest BCUT2D eigenvalue weighted by molar-refractivity contribution is 9.10. The fourth-order valence-electron chi connectivity index (χ4n) is 1.97. The van der Waals surface area contributed by atoms with Crippen LogP contribution in [0.5, 0.6) is 0 Å². The van der Waals surface area contributed by atoms with Crippen LogP contribution in [0.25, 0.3) is 21.5 Å². The highest BCUT2D eigenvalue weighted by Gasteiger charge is 2.16. The van der Waals surface area contributed by atoms with E-state index >= 15 is 0 Å². The lowest BCUT2D eigenvalue weighted by molar-refractivity contribution is 0.0699. The SMILES string of the molecule is O=C(O)c1cc(-c2cc(Br)cs2)nc2cc(F)c(Cl)cc12. The van der Waals surface area contributed by atoms with Crippen LogP contribution in [0.15, 0.2) is 34.1 Å². The van der Waals surface area contributed by atoms with E-state index in [1.807, 2.05) is 11.4 Å². The molecule has 0 amide bonds. The highest BCUT2D eigenvalue weighted by atomic mass is 79.9. The van der Waals surface area contributed by atoms with E-state index in [1.54, 1.807) is 0 Å².